The summed E-state index contributed by atoms with van der Waals surface area (Å²) in [5.74, 6) is 0. The maximum absolute atomic E-state index is 2.38. The second-order valence-electron chi connectivity index (χ2n) is 7.77. The topological polar surface area (TPSA) is 0 Å². The van der Waals surface area contributed by atoms with Gasteiger partial charge in [0.1, 0.15) is 0 Å². The van der Waals surface area contributed by atoms with Crippen LogP contribution in [0.25, 0.3) is 0 Å². The van der Waals surface area contributed by atoms with E-state index in [1.807, 2.05) is 0 Å². The molecule has 0 aliphatic rings. The third kappa shape index (κ3) is 13.4. The molecule has 0 nitrogen and oxygen atoms in total. The SMILES string of the molecule is CCCCCCCCCC[P](CCCC)(CCCC)CCCC. The summed E-state index contributed by atoms with van der Waals surface area (Å²) in [6.07, 6.45) is 27.0. The molecule has 0 saturated carbocycles. The van der Waals surface area contributed by atoms with Gasteiger partial charge >= 0.3 is 0 Å². The minimum absolute atomic E-state index is 0.612. The van der Waals surface area contributed by atoms with E-state index in [0.29, 0.717) is 0 Å². The fraction of sp³-hybridized carbons (Fsp3) is 1.00. The Morgan fingerprint density at radius 3 is 1.04 bits per heavy atom. The number of hydrogen-bond acceptors (Lipinski definition) is 0. The van der Waals surface area contributed by atoms with Gasteiger partial charge in [-0.25, -0.2) is 0 Å². The largest absolute Gasteiger partial charge is 0.125 e. The molecule has 0 bridgehead atoms. The second kappa shape index (κ2) is 17.3. The minimum Gasteiger partial charge on any atom is -0.125 e. The molecule has 0 aromatic heterocycles. The molecule has 0 atom stereocenters. The quantitative estimate of drug-likeness (QED) is 0.173. The fourth-order valence-corrected chi connectivity index (χ4v) is 8.93. The third-order valence-corrected chi connectivity index (χ3v) is 10.5. The molecular formula is C22H48P. The fourth-order valence-electron chi connectivity index (χ4n) is 3.73. The molecule has 0 saturated heterocycles. The Bertz CT molecular complexity index is 202. The van der Waals surface area contributed by atoms with Crippen molar-refractivity contribution in [3.8, 4) is 0 Å². The van der Waals surface area contributed by atoms with E-state index in [2.05, 4.69) is 27.7 Å². The van der Waals surface area contributed by atoms with E-state index in [1.165, 1.54) is 83.5 Å². The lowest BCUT2D eigenvalue weighted by molar-refractivity contribution is 0.585. The molecule has 0 aromatic rings. The van der Waals surface area contributed by atoms with Crippen molar-refractivity contribution < 1.29 is 0 Å². The highest BCUT2D eigenvalue weighted by molar-refractivity contribution is 7.75. The van der Waals surface area contributed by atoms with E-state index >= 15 is 0 Å². The van der Waals surface area contributed by atoms with Gasteiger partial charge in [-0.05, 0) is 50.3 Å². The first-order valence-electron chi connectivity index (χ1n) is 11.1. The Balaban J connectivity index is 4.14. The zero-order chi connectivity index (χ0) is 17.2. The van der Waals surface area contributed by atoms with E-state index in [0.717, 1.165) is 0 Å². The lowest BCUT2D eigenvalue weighted by Crippen LogP contribution is -2.13. The van der Waals surface area contributed by atoms with Crippen molar-refractivity contribution in [2.24, 2.45) is 0 Å². The molecule has 0 amide bonds. The average Bonchev–Trinajstić information content (AvgIpc) is 2.58. The first-order valence-corrected chi connectivity index (χ1v) is 13.6. The van der Waals surface area contributed by atoms with Gasteiger partial charge in [-0.1, -0.05) is 91.9 Å². The Kier molecular flexibility index (Phi) is 17.6. The predicted octanol–water partition coefficient (Wildman–Crippen LogP) is 8.55. The molecule has 0 rings (SSSR count). The van der Waals surface area contributed by atoms with Crippen molar-refractivity contribution in [3.05, 3.63) is 0 Å². The maximum Gasteiger partial charge on any atom is -0.0359 e. The van der Waals surface area contributed by atoms with Gasteiger partial charge in [0, 0.05) is 0 Å². The molecule has 0 fully saturated rings. The molecule has 0 aliphatic heterocycles. The lowest BCUT2D eigenvalue weighted by Gasteiger charge is -2.37. The molecular weight excluding hydrogens is 295 g/mol. The van der Waals surface area contributed by atoms with Gasteiger partial charge < -0.3 is 0 Å². The molecule has 0 unspecified atom stereocenters. The highest BCUT2D eigenvalue weighted by Gasteiger charge is 2.24. The smallest absolute Gasteiger partial charge is 0.0359 e. The molecule has 141 valence electrons. The van der Waals surface area contributed by atoms with Crippen molar-refractivity contribution in [2.75, 3.05) is 24.6 Å². The zero-order valence-electron chi connectivity index (χ0n) is 17.2. The molecule has 23 heavy (non-hydrogen) atoms. The van der Waals surface area contributed by atoms with Gasteiger partial charge in [0.15, 0.2) is 0 Å². The van der Waals surface area contributed by atoms with Gasteiger partial charge in [-0.2, -0.15) is 0 Å². The van der Waals surface area contributed by atoms with Crippen molar-refractivity contribution in [1.29, 1.82) is 0 Å². The van der Waals surface area contributed by atoms with E-state index in [-0.39, 0.29) is 0 Å². The van der Waals surface area contributed by atoms with Gasteiger partial charge in [0.25, 0.3) is 0 Å². The second-order valence-corrected chi connectivity index (χ2v) is 12.2. The van der Waals surface area contributed by atoms with Crippen LogP contribution in [0.1, 0.15) is 118 Å². The highest BCUT2D eigenvalue weighted by Crippen LogP contribution is 2.61. The molecule has 0 aromatic carbocycles. The Hall–Kier alpha value is 0.430. The van der Waals surface area contributed by atoms with Gasteiger partial charge in [0.2, 0.25) is 0 Å². The molecule has 0 N–H and O–H groups in total. The van der Waals surface area contributed by atoms with Crippen LogP contribution in [0.4, 0.5) is 0 Å². The Labute approximate surface area is 149 Å². The summed E-state index contributed by atoms with van der Waals surface area (Å²) in [5.41, 5.74) is 0. The first kappa shape index (κ1) is 23.4. The van der Waals surface area contributed by atoms with E-state index < -0.39 is 7.26 Å². The van der Waals surface area contributed by atoms with E-state index in [4.69, 9.17) is 0 Å². The summed E-state index contributed by atoms with van der Waals surface area (Å²) in [7, 11) is -0.612. The van der Waals surface area contributed by atoms with E-state index in [9.17, 15) is 0 Å². The highest BCUT2D eigenvalue weighted by atomic mass is 31.2. The molecule has 1 heteroatoms. The summed E-state index contributed by atoms with van der Waals surface area (Å²) >= 11 is 0. The molecule has 0 aliphatic carbocycles. The zero-order valence-corrected chi connectivity index (χ0v) is 18.1. The van der Waals surface area contributed by atoms with Crippen LogP contribution in [-0.4, -0.2) is 24.6 Å². The lowest BCUT2D eigenvalue weighted by atomic mass is 10.1. The average molecular weight is 344 g/mol. The Morgan fingerprint density at radius 2 is 0.652 bits per heavy atom. The monoisotopic (exact) mass is 343 g/mol. The Morgan fingerprint density at radius 1 is 0.348 bits per heavy atom. The number of hydrogen-bond donors (Lipinski definition) is 0. The van der Waals surface area contributed by atoms with Crippen molar-refractivity contribution in [1.82, 2.24) is 0 Å². The van der Waals surface area contributed by atoms with Crippen molar-refractivity contribution >= 4 is 7.26 Å². The standard InChI is InChI=1S/C22H48P/c1-5-9-13-14-15-16-17-18-22-23(19-10-6-2,20-11-7-3)21-12-8-4/h5-22H2,1-4H3. The van der Waals surface area contributed by atoms with Gasteiger partial charge in [-0.3, -0.25) is 0 Å². The van der Waals surface area contributed by atoms with Crippen LogP contribution in [-0.2, 0) is 0 Å². The number of unbranched alkanes of at least 4 members (excludes halogenated alkanes) is 10. The van der Waals surface area contributed by atoms with Crippen LogP contribution >= 0.6 is 7.26 Å². The van der Waals surface area contributed by atoms with E-state index in [1.54, 1.807) is 31.1 Å². The predicted molar refractivity (Wildman–Crippen MR) is 114 cm³/mol. The summed E-state index contributed by atoms with van der Waals surface area (Å²) in [6.45, 7) is 9.45. The maximum atomic E-state index is 2.38. The van der Waals surface area contributed by atoms with Crippen molar-refractivity contribution in [2.45, 2.75) is 118 Å². The van der Waals surface area contributed by atoms with Crippen LogP contribution in [0.5, 0.6) is 0 Å². The third-order valence-electron chi connectivity index (χ3n) is 5.44. The number of rotatable bonds is 18. The summed E-state index contributed by atoms with van der Waals surface area (Å²) in [4.78, 5) is 0. The van der Waals surface area contributed by atoms with Crippen LogP contribution < -0.4 is 0 Å². The van der Waals surface area contributed by atoms with Crippen LogP contribution in [0.3, 0.4) is 0 Å². The van der Waals surface area contributed by atoms with Gasteiger partial charge in [0.05, 0.1) is 0 Å². The van der Waals surface area contributed by atoms with Gasteiger partial charge in [-0.15, -0.1) is 7.26 Å². The summed E-state index contributed by atoms with van der Waals surface area (Å²) in [5, 5.41) is 0. The van der Waals surface area contributed by atoms with Crippen LogP contribution in [0.2, 0.25) is 0 Å². The first-order chi connectivity index (χ1) is 11.2. The molecule has 0 heterocycles. The normalized spacial score (nSPS) is 12.0. The minimum atomic E-state index is -0.612. The van der Waals surface area contributed by atoms with Crippen LogP contribution in [0.15, 0.2) is 0 Å². The van der Waals surface area contributed by atoms with Crippen LogP contribution in [0, 0.1) is 0 Å². The molecule has 0 spiro atoms. The summed E-state index contributed by atoms with van der Waals surface area (Å²) < 4.78 is 0. The summed E-state index contributed by atoms with van der Waals surface area (Å²) in [6, 6.07) is 0. The molecule has 1 radical (unpaired) electrons. The van der Waals surface area contributed by atoms with Crippen molar-refractivity contribution in [3.63, 3.8) is 0 Å².